The number of hydrogen-bond donors (Lipinski definition) is 0. The first kappa shape index (κ1) is 14.4. The third kappa shape index (κ3) is 2.63. The first-order valence-corrected chi connectivity index (χ1v) is 8.01. The molecule has 0 aromatic carbocycles. The van der Waals surface area contributed by atoms with E-state index < -0.39 is 0 Å². The Kier molecular flexibility index (Phi) is 3.60. The van der Waals surface area contributed by atoms with Crippen LogP contribution in [0.15, 0.2) is 12.4 Å². The molecule has 0 spiro atoms. The third-order valence-corrected chi connectivity index (χ3v) is 4.55. The highest BCUT2D eigenvalue weighted by atomic mass is 16.5. The average molecular weight is 316 g/mol. The van der Waals surface area contributed by atoms with Gasteiger partial charge in [0.15, 0.2) is 0 Å². The molecule has 8 nitrogen and oxygen atoms in total. The van der Waals surface area contributed by atoms with Crippen molar-refractivity contribution in [1.29, 1.82) is 0 Å². The molecule has 0 N–H and O–H groups in total. The monoisotopic (exact) mass is 316 g/mol. The zero-order valence-electron chi connectivity index (χ0n) is 13.2. The first-order valence-electron chi connectivity index (χ1n) is 8.01. The minimum atomic E-state index is 0.0418. The van der Waals surface area contributed by atoms with Gasteiger partial charge in [-0.2, -0.15) is 14.6 Å². The molecule has 1 unspecified atom stereocenters. The first-order chi connectivity index (χ1) is 11.2. The Labute approximate surface area is 134 Å². The van der Waals surface area contributed by atoms with E-state index in [1.807, 2.05) is 17.9 Å². The van der Waals surface area contributed by atoms with Crippen LogP contribution >= 0.6 is 0 Å². The van der Waals surface area contributed by atoms with E-state index in [9.17, 15) is 4.79 Å². The van der Waals surface area contributed by atoms with Gasteiger partial charge in [-0.15, -0.1) is 0 Å². The van der Waals surface area contributed by atoms with Crippen LogP contribution in [0.2, 0.25) is 0 Å². The van der Waals surface area contributed by atoms with Gasteiger partial charge in [0.05, 0.1) is 19.1 Å². The van der Waals surface area contributed by atoms with Crippen LogP contribution in [0.1, 0.15) is 12.1 Å². The maximum Gasteiger partial charge on any atom is 0.254 e. The van der Waals surface area contributed by atoms with Crippen LogP contribution in [0.4, 0.5) is 5.82 Å². The zero-order valence-corrected chi connectivity index (χ0v) is 13.2. The number of rotatable bonds is 2. The highest BCUT2D eigenvalue weighted by Gasteiger charge is 2.33. The van der Waals surface area contributed by atoms with E-state index >= 15 is 0 Å². The van der Waals surface area contributed by atoms with E-state index in [0.29, 0.717) is 38.6 Å². The SMILES string of the molecule is Cc1cc(N2CCC(C(=O)N3CCOCC3)C2)n2ncnc2n1. The number of hydrogen-bond acceptors (Lipinski definition) is 6. The normalized spacial score (nSPS) is 22.0. The lowest BCUT2D eigenvalue weighted by Crippen LogP contribution is -2.44. The average Bonchev–Trinajstić information content (AvgIpc) is 3.23. The minimum absolute atomic E-state index is 0.0418. The number of carbonyl (C=O) groups excluding carboxylic acids is 1. The maximum atomic E-state index is 12.7. The van der Waals surface area contributed by atoms with Crippen LogP contribution in [0.5, 0.6) is 0 Å². The molecule has 2 aliphatic heterocycles. The molecular weight excluding hydrogens is 296 g/mol. The Morgan fingerprint density at radius 2 is 2.13 bits per heavy atom. The Balaban J connectivity index is 1.53. The summed E-state index contributed by atoms with van der Waals surface area (Å²) in [5.41, 5.74) is 0.906. The summed E-state index contributed by atoms with van der Waals surface area (Å²) in [6, 6.07) is 2.00. The van der Waals surface area contributed by atoms with Crippen molar-refractivity contribution in [3.63, 3.8) is 0 Å². The zero-order chi connectivity index (χ0) is 15.8. The topological polar surface area (TPSA) is 75.9 Å². The van der Waals surface area contributed by atoms with E-state index in [4.69, 9.17) is 4.74 Å². The number of fused-ring (bicyclic) bond motifs is 1. The molecule has 0 aliphatic carbocycles. The molecule has 1 amide bonds. The third-order valence-electron chi connectivity index (χ3n) is 4.55. The Morgan fingerprint density at radius 1 is 1.30 bits per heavy atom. The Morgan fingerprint density at radius 3 is 2.96 bits per heavy atom. The largest absolute Gasteiger partial charge is 0.378 e. The predicted octanol–water partition coefficient (Wildman–Crippen LogP) is 0.118. The summed E-state index contributed by atoms with van der Waals surface area (Å²) in [5, 5.41) is 4.25. The van der Waals surface area contributed by atoms with Crippen molar-refractivity contribution >= 4 is 17.5 Å². The van der Waals surface area contributed by atoms with Crippen LogP contribution in [-0.2, 0) is 9.53 Å². The van der Waals surface area contributed by atoms with E-state index in [0.717, 1.165) is 24.5 Å². The summed E-state index contributed by atoms with van der Waals surface area (Å²) >= 11 is 0. The Hall–Kier alpha value is -2.22. The number of aromatic nitrogens is 4. The van der Waals surface area contributed by atoms with Crippen molar-refractivity contribution in [1.82, 2.24) is 24.5 Å². The molecule has 0 radical (unpaired) electrons. The van der Waals surface area contributed by atoms with Crippen LogP contribution < -0.4 is 4.90 Å². The fourth-order valence-corrected chi connectivity index (χ4v) is 3.35. The van der Waals surface area contributed by atoms with Gasteiger partial charge in [0.1, 0.15) is 12.1 Å². The summed E-state index contributed by atoms with van der Waals surface area (Å²) in [5.74, 6) is 1.85. The van der Waals surface area contributed by atoms with Crippen molar-refractivity contribution in [2.24, 2.45) is 5.92 Å². The lowest BCUT2D eigenvalue weighted by Gasteiger charge is -2.29. The number of carbonyl (C=O) groups is 1. The Bertz CT molecular complexity index is 724. The van der Waals surface area contributed by atoms with Crippen molar-refractivity contribution in [3.05, 3.63) is 18.1 Å². The second kappa shape index (κ2) is 5.77. The molecule has 1 atom stereocenters. The smallest absolute Gasteiger partial charge is 0.254 e. The van der Waals surface area contributed by atoms with E-state index in [2.05, 4.69) is 20.0 Å². The number of amides is 1. The number of nitrogens with zero attached hydrogens (tertiary/aromatic N) is 6. The van der Waals surface area contributed by atoms with E-state index in [-0.39, 0.29) is 11.8 Å². The quantitative estimate of drug-likeness (QED) is 0.783. The van der Waals surface area contributed by atoms with Gasteiger partial charge in [0.2, 0.25) is 5.91 Å². The molecule has 2 aromatic rings. The molecular formula is C15H20N6O2. The van der Waals surface area contributed by atoms with Crippen LogP contribution in [-0.4, -0.2) is 69.8 Å². The van der Waals surface area contributed by atoms with Crippen LogP contribution in [0.3, 0.4) is 0 Å². The second-order valence-corrected chi connectivity index (χ2v) is 6.10. The highest BCUT2D eigenvalue weighted by Crippen LogP contribution is 2.25. The summed E-state index contributed by atoms with van der Waals surface area (Å²) < 4.78 is 7.07. The summed E-state index contributed by atoms with van der Waals surface area (Å²) in [6.07, 6.45) is 2.38. The molecule has 2 aliphatic rings. The van der Waals surface area contributed by atoms with Gasteiger partial charge < -0.3 is 14.5 Å². The molecule has 4 heterocycles. The van der Waals surface area contributed by atoms with Crippen molar-refractivity contribution < 1.29 is 9.53 Å². The molecule has 8 heteroatoms. The molecule has 122 valence electrons. The molecule has 2 saturated heterocycles. The van der Waals surface area contributed by atoms with Crippen molar-refractivity contribution in [2.75, 3.05) is 44.3 Å². The van der Waals surface area contributed by atoms with Gasteiger partial charge in [-0.25, -0.2) is 4.98 Å². The van der Waals surface area contributed by atoms with E-state index in [1.54, 1.807) is 4.52 Å². The van der Waals surface area contributed by atoms with Gasteiger partial charge in [-0.3, -0.25) is 4.79 Å². The molecule has 2 fully saturated rings. The number of morpholine rings is 1. The van der Waals surface area contributed by atoms with Crippen molar-refractivity contribution in [2.45, 2.75) is 13.3 Å². The maximum absolute atomic E-state index is 12.7. The minimum Gasteiger partial charge on any atom is -0.378 e. The number of anilines is 1. The predicted molar refractivity (Wildman–Crippen MR) is 83.2 cm³/mol. The highest BCUT2D eigenvalue weighted by molar-refractivity contribution is 5.80. The lowest BCUT2D eigenvalue weighted by molar-refractivity contribution is -0.138. The molecule has 0 saturated carbocycles. The lowest BCUT2D eigenvalue weighted by atomic mass is 10.1. The van der Waals surface area contributed by atoms with Crippen LogP contribution in [0.25, 0.3) is 5.78 Å². The number of ether oxygens (including phenoxy) is 1. The molecule has 2 aromatic heterocycles. The fourth-order valence-electron chi connectivity index (χ4n) is 3.35. The molecule has 4 rings (SSSR count). The van der Waals surface area contributed by atoms with Gasteiger partial charge in [0.25, 0.3) is 5.78 Å². The summed E-state index contributed by atoms with van der Waals surface area (Å²) in [7, 11) is 0. The van der Waals surface area contributed by atoms with Gasteiger partial charge in [-0.1, -0.05) is 0 Å². The van der Waals surface area contributed by atoms with Gasteiger partial charge >= 0.3 is 0 Å². The molecule has 23 heavy (non-hydrogen) atoms. The standard InChI is InChI=1S/C15H20N6O2/c1-11-8-13(21-15(18-11)16-10-17-21)20-3-2-12(9-20)14(22)19-4-6-23-7-5-19/h8,10,12H,2-7,9H2,1H3. The fraction of sp³-hybridized carbons (Fsp3) is 0.600. The van der Waals surface area contributed by atoms with Crippen molar-refractivity contribution in [3.8, 4) is 0 Å². The van der Waals surface area contributed by atoms with E-state index in [1.165, 1.54) is 6.33 Å². The summed E-state index contributed by atoms with van der Waals surface area (Å²) in [6.45, 7) is 6.21. The number of aryl methyl sites for hydroxylation is 1. The van der Waals surface area contributed by atoms with Gasteiger partial charge in [-0.05, 0) is 13.3 Å². The summed E-state index contributed by atoms with van der Waals surface area (Å²) in [4.78, 5) is 25.3. The molecule has 0 bridgehead atoms. The second-order valence-electron chi connectivity index (χ2n) is 6.10. The van der Waals surface area contributed by atoms with Gasteiger partial charge in [0, 0.05) is 37.9 Å². The van der Waals surface area contributed by atoms with Crippen LogP contribution in [0, 0.1) is 12.8 Å².